The highest BCUT2D eigenvalue weighted by atomic mass is 32.1. The van der Waals surface area contributed by atoms with Crippen LogP contribution in [-0.4, -0.2) is 54.9 Å². The number of aromatic nitrogens is 3. The van der Waals surface area contributed by atoms with Gasteiger partial charge in [-0.25, -0.2) is 4.98 Å². The number of benzene rings is 2. The number of imidazole rings is 1. The van der Waals surface area contributed by atoms with E-state index in [1.807, 2.05) is 59.8 Å². The van der Waals surface area contributed by atoms with Crippen LogP contribution in [0.3, 0.4) is 0 Å². The van der Waals surface area contributed by atoms with Gasteiger partial charge in [0.1, 0.15) is 11.9 Å². The Morgan fingerprint density at radius 1 is 1.06 bits per heavy atom. The highest BCUT2D eigenvalue weighted by Gasteiger charge is 2.42. The summed E-state index contributed by atoms with van der Waals surface area (Å²) in [4.78, 5) is 28.6. The lowest BCUT2D eigenvalue weighted by Crippen LogP contribution is -2.36. The second kappa shape index (κ2) is 9.79. The van der Waals surface area contributed by atoms with Gasteiger partial charge in [-0.3, -0.25) is 9.69 Å². The molecule has 7 nitrogen and oxygen atoms in total. The van der Waals surface area contributed by atoms with Crippen molar-refractivity contribution in [1.29, 1.82) is 0 Å². The highest BCUT2D eigenvalue weighted by Crippen LogP contribution is 2.27. The van der Waals surface area contributed by atoms with Crippen LogP contribution in [0.25, 0.3) is 22.2 Å². The smallest absolute Gasteiger partial charge is 0.251 e. The van der Waals surface area contributed by atoms with Crippen LogP contribution in [0.2, 0.25) is 0 Å². The molecule has 8 heteroatoms. The molecule has 1 fully saturated rings. The zero-order valence-electron chi connectivity index (χ0n) is 18.9. The summed E-state index contributed by atoms with van der Waals surface area (Å²) in [7, 11) is 0. The molecule has 0 saturated carbocycles. The number of para-hydroxylation sites is 1. The van der Waals surface area contributed by atoms with Crippen LogP contribution in [0.5, 0.6) is 0 Å². The minimum Gasteiger partial charge on any atom is -0.361 e. The quantitative estimate of drug-likeness (QED) is 0.254. The number of carbonyl (C=O) groups is 1. The van der Waals surface area contributed by atoms with Crippen molar-refractivity contribution in [3.63, 3.8) is 0 Å². The number of nitrogens with zero attached hydrogens (tertiary/aromatic N) is 3. The summed E-state index contributed by atoms with van der Waals surface area (Å²) in [6, 6.07) is 17.8. The molecular formula is C26H28N6OS. The van der Waals surface area contributed by atoms with Gasteiger partial charge < -0.3 is 20.6 Å². The molecule has 1 aliphatic heterocycles. The number of amides is 1. The van der Waals surface area contributed by atoms with E-state index in [4.69, 9.17) is 18.0 Å². The van der Waals surface area contributed by atoms with Crippen molar-refractivity contribution >= 4 is 34.1 Å². The molecule has 5 rings (SSSR count). The Bertz CT molecular complexity index is 1300. The van der Waals surface area contributed by atoms with Crippen LogP contribution in [0.4, 0.5) is 0 Å². The highest BCUT2D eigenvalue weighted by molar-refractivity contribution is 7.80. The molecule has 1 atom stereocenters. The van der Waals surface area contributed by atoms with Crippen LogP contribution < -0.4 is 5.73 Å². The van der Waals surface area contributed by atoms with E-state index in [9.17, 15) is 4.79 Å². The van der Waals surface area contributed by atoms with Gasteiger partial charge in [0.05, 0.1) is 11.9 Å². The molecule has 1 saturated heterocycles. The number of thiocarbonyl (C=S) groups is 1. The first-order chi connectivity index (χ1) is 16.7. The number of fused-ring (bicyclic) bond motifs is 1. The normalized spacial score (nSPS) is 16.2. The molecule has 2 aromatic heterocycles. The largest absolute Gasteiger partial charge is 0.361 e. The average Bonchev–Trinajstić information content (AvgIpc) is 3.56. The molecule has 174 valence electrons. The van der Waals surface area contributed by atoms with Gasteiger partial charge in [0.25, 0.3) is 5.91 Å². The maximum atomic E-state index is 13.5. The Hall–Kier alpha value is -3.49. The number of rotatable bonds is 9. The molecule has 0 aliphatic carbocycles. The van der Waals surface area contributed by atoms with Crippen molar-refractivity contribution in [2.24, 2.45) is 5.73 Å². The minimum atomic E-state index is -0.409. The fourth-order valence-corrected chi connectivity index (χ4v) is 4.92. The number of unbranched alkanes of at least 4 members (excludes halogenated alkanes) is 1. The third-order valence-electron chi connectivity index (χ3n) is 6.36. The average molecular weight is 473 g/mol. The number of hydrogen-bond acceptors (Lipinski definition) is 4. The third-order valence-corrected chi connectivity index (χ3v) is 6.81. The van der Waals surface area contributed by atoms with Crippen molar-refractivity contribution in [3.8, 4) is 11.3 Å². The lowest BCUT2D eigenvalue weighted by molar-refractivity contribution is -0.128. The fraction of sp³-hybridized carbons (Fsp3) is 0.269. The number of carbonyl (C=O) groups excluding carboxylic acids is 1. The second-order valence-corrected chi connectivity index (χ2v) is 8.95. The first-order valence-corrected chi connectivity index (χ1v) is 12.0. The number of aromatic amines is 2. The van der Waals surface area contributed by atoms with E-state index in [-0.39, 0.29) is 5.91 Å². The van der Waals surface area contributed by atoms with E-state index in [0.29, 0.717) is 31.2 Å². The summed E-state index contributed by atoms with van der Waals surface area (Å²) in [5, 5.41) is 1.72. The number of nitrogens with one attached hydrogen (secondary N) is 2. The van der Waals surface area contributed by atoms with Crippen molar-refractivity contribution in [2.75, 3.05) is 13.1 Å². The SMILES string of the molecule is NCCCCN1C(=O)C(Cc2ncc(-c3ccccc3)[nH]2)N(Cc2c[nH]c3ccccc23)C1=S. The monoisotopic (exact) mass is 472 g/mol. The number of hydrogen-bond donors (Lipinski definition) is 3. The molecule has 1 amide bonds. The zero-order chi connectivity index (χ0) is 23.5. The Balaban J connectivity index is 1.41. The maximum Gasteiger partial charge on any atom is 0.251 e. The Labute approximate surface area is 204 Å². The molecule has 3 heterocycles. The third kappa shape index (κ3) is 4.34. The van der Waals surface area contributed by atoms with Gasteiger partial charge in [-0.05, 0) is 48.8 Å². The van der Waals surface area contributed by atoms with Crippen molar-refractivity contribution in [3.05, 3.63) is 78.4 Å². The van der Waals surface area contributed by atoms with Crippen LogP contribution in [-0.2, 0) is 17.8 Å². The van der Waals surface area contributed by atoms with Gasteiger partial charge in [-0.15, -0.1) is 0 Å². The maximum absolute atomic E-state index is 13.5. The molecule has 1 aliphatic rings. The van der Waals surface area contributed by atoms with Gasteiger partial charge >= 0.3 is 0 Å². The number of H-pyrrole nitrogens is 2. The second-order valence-electron chi connectivity index (χ2n) is 8.59. The topological polar surface area (TPSA) is 94.0 Å². The van der Waals surface area contributed by atoms with E-state index < -0.39 is 6.04 Å². The Kier molecular flexibility index (Phi) is 6.42. The zero-order valence-corrected chi connectivity index (χ0v) is 19.7. The first kappa shape index (κ1) is 22.3. The predicted octanol–water partition coefficient (Wildman–Crippen LogP) is 3.84. The minimum absolute atomic E-state index is 0.0273. The van der Waals surface area contributed by atoms with E-state index in [2.05, 4.69) is 27.1 Å². The summed E-state index contributed by atoms with van der Waals surface area (Å²) < 4.78 is 0. The van der Waals surface area contributed by atoms with E-state index in [1.165, 1.54) is 0 Å². The molecule has 1 unspecified atom stereocenters. The summed E-state index contributed by atoms with van der Waals surface area (Å²) in [5.41, 5.74) is 9.86. The predicted molar refractivity (Wildman–Crippen MR) is 138 cm³/mol. The van der Waals surface area contributed by atoms with E-state index >= 15 is 0 Å². The van der Waals surface area contributed by atoms with Gasteiger partial charge in [0.15, 0.2) is 5.11 Å². The van der Waals surface area contributed by atoms with Crippen molar-refractivity contribution < 1.29 is 4.79 Å². The van der Waals surface area contributed by atoms with Gasteiger partial charge in [-0.1, -0.05) is 48.5 Å². The van der Waals surface area contributed by atoms with Crippen molar-refractivity contribution in [1.82, 2.24) is 24.8 Å². The molecule has 34 heavy (non-hydrogen) atoms. The summed E-state index contributed by atoms with van der Waals surface area (Å²) in [6.45, 7) is 1.74. The Morgan fingerprint density at radius 3 is 2.68 bits per heavy atom. The molecule has 2 aromatic carbocycles. The summed E-state index contributed by atoms with van der Waals surface area (Å²) in [6.07, 6.45) is 5.98. The van der Waals surface area contributed by atoms with Crippen LogP contribution in [0.15, 0.2) is 67.0 Å². The first-order valence-electron chi connectivity index (χ1n) is 11.6. The van der Waals surface area contributed by atoms with Gasteiger partial charge in [-0.2, -0.15) is 0 Å². The molecule has 4 N–H and O–H groups in total. The molecule has 0 radical (unpaired) electrons. The number of nitrogens with two attached hydrogens (primary N) is 1. The summed E-state index contributed by atoms with van der Waals surface area (Å²) >= 11 is 5.82. The van der Waals surface area contributed by atoms with E-state index in [1.54, 1.807) is 4.90 Å². The molecule has 0 bridgehead atoms. The fourth-order valence-electron chi connectivity index (χ4n) is 4.55. The van der Waals surface area contributed by atoms with Crippen LogP contribution >= 0.6 is 12.2 Å². The molecule has 4 aromatic rings. The van der Waals surface area contributed by atoms with Crippen molar-refractivity contribution in [2.45, 2.75) is 31.8 Å². The summed E-state index contributed by atoms with van der Waals surface area (Å²) in [5.74, 6) is 0.798. The lowest BCUT2D eigenvalue weighted by Gasteiger charge is -2.23. The van der Waals surface area contributed by atoms with Crippen LogP contribution in [0.1, 0.15) is 24.2 Å². The van der Waals surface area contributed by atoms with Gasteiger partial charge in [0.2, 0.25) is 0 Å². The Morgan fingerprint density at radius 2 is 1.85 bits per heavy atom. The van der Waals surface area contributed by atoms with Crippen LogP contribution in [0, 0.1) is 0 Å². The lowest BCUT2D eigenvalue weighted by atomic mass is 10.1. The van der Waals surface area contributed by atoms with E-state index in [0.717, 1.165) is 46.4 Å². The van der Waals surface area contributed by atoms with Gasteiger partial charge in [0, 0.05) is 36.6 Å². The standard InChI is InChI=1S/C26H28N6OS/c27-12-6-7-13-31-25(33)23(14-24-29-16-22(30-24)18-8-2-1-3-9-18)32(26(31)34)17-19-15-28-21-11-5-4-10-20(19)21/h1-5,8-11,15-16,23,28H,6-7,12-14,17,27H2,(H,29,30). The molecular weight excluding hydrogens is 444 g/mol. The molecule has 0 spiro atoms.